The average molecular weight is 603 g/mol. The van der Waals surface area contributed by atoms with Gasteiger partial charge in [-0.2, -0.15) is 0 Å². The van der Waals surface area contributed by atoms with E-state index in [0.29, 0.717) is 48.0 Å². The number of carboxylic acid groups (broad SMARTS) is 1. The van der Waals surface area contributed by atoms with Gasteiger partial charge in [-0.25, -0.2) is 12.7 Å². The highest BCUT2D eigenvalue weighted by Gasteiger charge is 2.48. The van der Waals surface area contributed by atoms with Crippen molar-refractivity contribution in [2.45, 2.75) is 44.6 Å². The number of sulfonamides is 1. The van der Waals surface area contributed by atoms with Crippen molar-refractivity contribution in [3.63, 3.8) is 0 Å². The Bertz CT molecular complexity index is 1390. The Morgan fingerprint density at radius 1 is 1.26 bits per heavy atom. The molecule has 1 N–H and O–H groups in total. The van der Waals surface area contributed by atoms with Gasteiger partial charge >= 0.3 is 5.97 Å². The Balaban J connectivity index is 1.47. The van der Waals surface area contributed by atoms with Gasteiger partial charge in [0.2, 0.25) is 28.5 Å². The summed E-state index contributed by atoms with van der Waals surface area (Å²) in [7, 11) is -1.85. The van der Waals surface area contributed by atoms with Crippen molar-refractivity contribution in [1.29, 1.82) is 0 Å². The molecule has 3 atom stereocenters. The van der Waals surface area contributed by atoms with Crippen molar-refractivity contribution in [2.75, 3.05) is 57.3 Å². The molecule has 1 aromatic carbocycles. The number of pyridine rings is 1. The molecule has 42 heavy (non-hydrogen) atoms. The molecule has 1 aromatic heterocycles. The second-order valence-electron chi connectivity index (χ2n) is 10.9. The molecule has 3 aliphatic rings. The number of likely N-dealkylation sites (tertiary alicyclic amines) is 1. The van der Waals surface area contributed by atoms with E-state index in [1.165, 1.54) is 11.4 Å². The molecule has 228 valence electrons. The highest BCUT2D eigenvalue weighted by Crippen LogP contribution is 2.47. The number of fused-ring (bicyclic) bond motifs is 1. The van der Waals surface area contributed by atoms with E-state index in [9.17, 15) is 23.1 Å². The maximum Gasteiger partial charge on any atom is 0.308 e. The van der Waals surface area contributed by atoms with E-state index in [1.807, 2.05) is 11.0 Å². The fraction of sp³-hybridized carbons (Fsp3) is 0.552. The predicted molar refractivity (Wildman–Crippen MR) is 154 cm³/mol. The second kappa shape index (κ2) is 12.8. The number of aromatic nitrogens is 1. The summed E-state index contributed by atoms with van der Waals surface area (Å²) in [5.74, 6) is -1.07. The van der Waals surface area contributed by atoms with Crippen molar-refractivity contribution < 1.29 is 37.3 Å². The molecule has 4 heterocycles. The van der Waals surface area contributed by atoms with Crippen LogP contribution >= 0.6 is 0 Å². The molecule has 0 aliphatic carbocycles. The lowest BCUT2D eigenvalue weighted by atomic mass is 9.84. The van der Waals surface area contributed by atoms with E-state index in [-0.39, 0.29) is 44.5 Å². The van der Waals surface area contributed by atoms with Crippen LogP contribution in [0.15, 0.2) is 36.7 Å². The molecular formula is C29H38N4O8S. The quantitative estimate of drug-likeness (QED) is 0.386. The first-order valence-corrected chi connectivity index (χ1v) is 16.0. The van der Waals surface area contributed by atoms with Gasteiger partial charge in [0.25, 0.3) is 0 Å². The Morgan fingerprint density at radius 3 is 2.76 bits per heavy atom. The molecule has 0 radical (unpaired) electrons. The highest BCUT2D eigenvalue weighted by molar-refractivity contribution is 7.89. The number of aliphatic carboxylic acids is 1. The van der Waals surface area contributed by atoms with Gasteiger partial charge in [-0.05, 0) is 49.1 Å². The van der Waals surface area contributed by atoms with Crippen LogP contribution < -0.4 is 19.1 Å². The molecule has 0 saturated carbocycles. The lowest BCUT2D eigenvalue weighted by molar-refractivity contribution is -0.143. The maximum absolute atomic E-state index is 13.8. The summed E-state index contributed by atoms with van der Waals surface area (Å²) in [5, 5.41) is 10.5. The number of methoxy groups -OCH3 is 1. The largest absolute Gasteiger partial charge is 0.493 e. The van der Waals surface area contributed by atoms with E-state index >= 15 is 0 Å². The Labute approximate surface area is 246 Å². The van der Waals surface area contributed by atoms with Crippen molar-refractivity contribution in [3.8, 4) is 17.2 Å². The van der Waals surface area contributed by atoms with Gasteiger partial charge in [-0.3, -0.25) is 19.5 Å². The standard InChI is InChI=1S/C29H38N4O8S/c1-3-4-11-33(21-7-5-9-30-16-21)26(34)18-31-17-22(20-14-24(39-2)28-25(15-20)40-19-41-28)27(29(35)36)23(31)8-12-32-10-6-13-42(32,37)38/h5,7,9,14-16,22-23,27H,3-4,6,8,10-13,17-19H2,1-2H3,(H,35,36)/t22-,23+,27-/m1/s1. The van der Waals surface area contributed by atoms with Crippen molar-refractivity contribution in [2.24, 2.45) is 5.92 Å². The average Bonchev–Trinajstić information content (AvgIpc) is 3.68. The molecule has 12 nitrogen and oxygen atoms in total. The summed E-state index contributed by atoms with van der Waals surface area (Å²) in [6, 6.07) is 6.58. The monoisotopic (exact) mass is 602 g/mol. The van der Waals surface area contributed by atoms with Gasteiger partial charge in [-0.15, -0.1) is 0 Å². The molecule has 3 aliphatic heterocycles. The van der Waals surface area contributed by atoms with E-state index in [2.05, 4.69) is 11.9 Å². The number of hydrogen-bond donors (Lipinski definition) is 1. The Hall–Kier alpha value is -3.42. The number of ether oxygens (including phenoxy) is 3. The molecule has 5 rings (SSSR count). The summed E-state index contributed by atoms with van der Waals surface area (Å²) < 4.78 is 43.2. The molecule has 2 saturated heterocycles. The first kappa shape index (κ1) is 30.1. The third-order valence-electron chi connectivity index (χ3n) is 8.35. The van der Waals surface area contributed by atoms with Crippen LogP contribution in [0, 0.1) is 5.92 Å². The minimum absolute atomic E-state index is 0.0159. The van der Waals surface area contributed by atoms with Crippen molar-refractivity contribution >= 4 is 27.6 Å². The van der Waals surface area contributed by atoms with E-state index in [0.717, 1.165) is 12.8 Å². The van der Waals surface area contributed by atoms with E-state index < -0.39 is 33.9 Å². The zero-order valence-electron chi connectivity index (χ0n) is 24.0. The molecule has 13 heteroatoms. The summed E-state index contributed by atoms with van der Waals surface area (Å²) in [4.78, 5) is 34.5. The minimum atomic E-state index is -3.36. The number of nitrogens with zero attached hydrogens (tertiary/aromatic N) is 4. The number of carbonyl (C=O) groups is 2. The number of unbranched alkanes of at least 4 members (excludes halogenated alkanes) is 1. The lowest BCUT2D eigenvalue weighted by Gasteiger charge is -2.30. The van der Waals surface area contributed by atoms with E-state index in [4.69, 9.17) is 14.2 Å². The lowest BCUT2D eigenvalue weighted by Crippen LogP contribution is -2.45. The second-order valence-corrected chi connectivity index (χ2v) is 13.0. The van der Waals surface area contributed by atoms with Gasteiger partial charge < -0.3 is 24.2 Å². The SMILES string of the molecule is CCCCN(C(=O)CN1C[C@H](c2cc(OC)c3c(c2)OCO3)[C@@H](C(=O)O)[C@@H]1CCN1CCCS1(=O)=O)c1cccnc1. The number of carboxylic acids is 1. The molecule has 0 spiro atoms. The van der Waals surface area contributed by atoms with Crippen LogP contribution in [0.3, 0.4) is 0 Å². The number of carbonyl (C=O) groups excluding carboxylic acids is 1. The summed E-state index contributed by atoms with van der Waals surface area (Å²) in [5.41, 5.74) is 1.38. The molecule has 2 fully saturated rings. The number of rotatable bonds is 12. The van der Waals surface area contributed by atoms with Crippen LogP contribution in [-0.4, -0.2) is 98.0 Å². The van der Waals surface area contributed by atoms with Crippen molar-refractivity contribution in [3.05, 3.63) is 42.2 Å². The zero-order valence-corrected chi connectivity index (χ0v) is 24.8. The summed E-state index contributed by atoms with van der Waals surface area (Å²) in [6.07, 6.45) is 5.83. The normalized spacial score (nSPS) is 23.2. The Kier molecular flexibility index (Phi) is 9.19. The van der Waals surface area contributed by atoms with Crippen LogP contribution in [0.2, 0.25) is 0 Å². The number of hydrogen-bond acceptors (Lipinski definition) is 9. The number of amides is 1. The minimum Gasteiger partial charge on any atom is -0.493 e. The Morgan fingerprint density at radius 2 is 2.10 bits per heavy atom. The molecule has 0 bridgehead atoms. The van der Waals surface area contributed by atoms with Gasteiger partial charge in [0.1, 0.15) is 0 Å². The molecule has 1 amide bonds. The van der Waals surface area contributed by atoms with Gasteiger partial charge in [-0.1, -0.05) is 13.3 Å². The maximum atomic E-state index is 13.8. The van der Waals surface area contributed by atoms with Crippen LogP contribution in [0.4, 0.5) is 5.69 Å². The topological polar surface area (TPSA) is 139 Å². The number of benzene rings is 1. The van der Waals surface area contributed by atoms with Crippen LogP contribution in [0.25, 0.3) is 0 Å². The van der Waals surface area contributed by atoms with Gasteiger partial charge in [0, 0.05) is 44.3 Å². The first-order valence-electron chi connectivity index (χ1n) is 14.4. The molecule has 0 unspecified atom stereocenters. The van der Waals surface area contributed by atoms with Crippen LogP contribution in [-0.2, 0) is 19.6 Å². The van der Waals surface area contributed by atoms with Crippen molar-refractivity contribution in [1.82, 2.24) is 14.2 Å². The zero-order chi connectivity index (χ0) is 29.9. The molecular weight excluding hydrogens is 564 g/mol. The summed E-state index contributed by atoms with van der Waals surface area (Å²) >= 11 is 0. The highest BCUT2D eigenvalue weighted by atomic mass is 32.2. The fourth-order valence-electron chi connectivity index (χ4n) is 6.26. The smallest absolute Gasteiger partial charge is 0.308 e. The van der Waals surface area contributed by atoms with Gasteiger partial charge in [0.05, 0.1) is 37.2 Å². The van der Waals surface area contributed by atoms with Crippen LogP contribution in [0.5, 0.6) is 17.2 Å². The third kappa shape index (κ3) is 6.18. The fourth-order valence-corrected chi connectivity index (χ4v) is 7.80. The summed E-state index contributed by atoms with van der Waals surface area (Å²) in [6.45, 7) is 3.49. The first-order chi connectivity index (χ1) is 20.2. The van der Waals surface area contributed by atoms with Gasteiger partial charge in [0.15, 0.2) is 11.5 Å². The van der Waals surface area contributed by atoms with E-state index in [1.54, 1.807) is 35.5 Å². The number of anilines is 1. The third-order valence-corrected chi connectivity index (χ3v) is 10.3. The molecule has 2 aromatic rings. The predicted octanol–water partition coefficient (Wildman–Crippen LogP) is 2.55. The van der Waals surface area contributed by atoms with Crippen LogP contribution in [0.1, 0.15) is 44.1 Å².